The van der Waals surface area contributed by atoms with Gasteiger partial charge in [-0.3, -0.25) is 9.89 Å². The number of likely N-dealkylation sites (tertiary alicyclic amines) is 1. The van der Waals surface area contributed by atoms with Gasteiger partial charge < -0.3 is 9.47 Å². The van der Waals surface area contributed by atoms with Crippen LogP contribution in [-0.2, 0) is 11.8 Å². The minimum absolute atomic E-state index is 0.302. The second kappa shape index (κ2) is 7.16. The first-order valence-electron chi connectivity index (χ1n) is 8.93. The molecule has 1 saturated heterocycles. The molecule has 0 bridgehead atoms. The molecule has 128 valence electrons. The van der Waals surface area contributed by atoms with E-state index in [-0.39, 0.29) is 0 Å². The maximum absolute atomic E-state index is 12.7. The quantitative estimate of drug-likeness (QED) is 0.861. The van der Waals surface area contributed by atoms with Gasteiger partial charge in [0.1, 0.15) is 5.82 Å². The third-order valence-electron chi connectivity index (χ3n) is 5.56. The molecule has 0 unspecified atom stereocenters. The van der Waals surface area contributed by atoms with Gasteiger partial charge in [-0.1, -0.05) is 19.8 Å². The highest BCUT2D eigenvalue weighted by Gasteiger charge is 2.29. The van der Waals surface area contributed by atoms with E-state index in [4.69, 9.17) is 12.2 Å². The van der Waals surface area contributed by atoms with Crippen molar-refractivity contribution in [1.29, 1.82) is 0 Å². The highest BCUT2D eigenvalue weighted by molar-refractivity contribution is 7.71. The summed E-state index contributed by atoms with van der Waals surface area (Å²) in [5.41, 5.74) is 0. The lowest BCUT2D eigenvalue weighted by Gasteiger charge is -2.34. The summed E-state index contributed by atoms with van der Waals surface area (Å²) >= 11 is 5.21. The second-order valence-electron chi connectivity index (χ2n) is 7.47. The van der Waals surface area contributed by atoms with Gasteiger partial charge in [-0.15, -0.1) is 0 Å². The number of hydrogen-bond donors (Lipinski definition) is 1. The summed E-state index contributed by atoms with van der Waals surface area (Å²) in [7, 11) is 1.95. The van der Waals surface area contributed by atoms with Crippen molar-refractivity contribution >= 4 is 18.1 Å². The van der Waals surface area contributed by atoms with E-state index in [1.165, 1.54) is 25.7 Å². The van der Waals surface area contributed by atoms with E-state index in [9.17, 15) is 4.79 Å². The van der Waals surface area contributed by atoms with E-state index in [0.29, 0.717) is 22.5 Å². The van der Waals surface area contributed by atoms with E-state index in [2.05, 4.69) is 22.0 Å². The fourth-order valence-electron chi connectivity index (χ4n) is 4.26. The smallest absolute Gasteiger partial charge is 0.222 e. The lowest BCUT2D eigenvalue weighted by atomic mass is 9.80. The fourth-order valence-corrected chi connectivity index (χ4v) is 4.40. The average molecular weight is 337 g/mol. The minimum atomic E-state index is 0.302. The van der Waals surface area contributed by atoms with Crippen LogP contribution >= 0.6 is 12.2 Å². The zero-order chi connectivity index (χ0) is 16.4. The maximum Gasteiger partial charge on any atom is 0.222 e. The van der Waals surface area contributed by atoms with Gasteiger partial charge in [0.05, 0.1) is 0 Å². The number of hydrogen-bond acceptors (Lipinski definition) is 3. The Kier molecular flexibility index (Phi) is 5.19. The normalized spacial score (nSPS) is 28.8. The molecular formula is C17H28N4OS. The van der Waals surface area contributed by atoms with Crippen LogP contribution in [0.1, 0.15) is 63.6 Å². The Hall–Kier alpha value is -1.17. The van der Waals surface area contributed by atoms with Gasteiger partial charge in [0.15, 0.2) is 4.77 Å². The highest BCUT2D eigenvalue weighted by atomic mass is 32.1. The molecule has 3 atom stereocenters. The third kappa shape index (κ3) is 3.84. The van der Waals surface area contributed by atoms with Crippen molar-refractivity contribution in [3.63, 3.8) is 0 Å². The van der Waals surface area contributed by atoms with Crippen LogP contribution in [0.4, 0.5) is 0 Å². The average Bonchev–Trinajstić information content (AvgIpc) is 2.87. The van der Waals surface area contributed by atoms with E-state index in [1.54, 1.807) is 0 Å². The zero-order valence-corrected chi connectivity index (χ0v) is 15.1. The van der Waals surface area contributed by atoms with Gasteiger partial charge in [-0.05, 0) is 49.7 Å². The number of carbonyl (C=O) groups excluding carboxylic acids is 1. The van der Waals surface area contributed by atoms with E-state index in [1.807, 2.05) is 11.6 Å². The Labute approximate surface area is 143 Å². The van der Waals surface area contributed by atoms with Crippen molar-refractivity contribution < 1.29 is 4.79 Å². The molecule has 5 nitrogen and oxygen atoms in total. The van der Waals surface area contributed by atoms with Gasteiger partial charge >= 0.3 is 0 Å². The summed E-state index contributed by atoms with van der Waals surface area (Å²) < 4.78 is 2.59. The Bertz CT molecular complexity index is 608. The van der Waals surface area contributed by atoms with Crippen LogP contribution in [0, 0.1) is 16.6 Å². The molecule has 1 aliphatic heterocycles. The van der Waals surface area contributed by atoms with Gasteiger partial charge in [0.2, 0.25) is 5.91 Å². The van der Waals surface area contributed by atoms with Crippen molar-refractivity contribution in [2.24, 2.45) is 18.9 Å². The molecule has 0 spiro atoms. The molecule has 1 N–H and O–H groups in total. The molecule has 2 heterocycles. The van der Waals surface area contributed by atoms with Crippen molar-refractivity contribution in [3.8, 4) is 0 Å². The highest BCUT2D eigenvalue weighted by Crippen LogP contribution is 2.32. The first kappa shape index (κ1) is 16.7. The number of carbonyl (C=O) groups is 1. The van der Waals surface area contributed by atoms with Crippen molar-refractivity contribution in [3.05, 3.63) is 10.6 Å². The molecule has 0 aromatic carbocycles. The zero-order valence-electron chi connectivity index (χ0n) is 14.3. The number of nitrogens with zero attached hydrogens (tertiary/aromatic N) is 3. The number of H-pyrrole nitrogens is 1. The summed E-state index contributed by atoms with van der Waals surface area (Å²) in [6, 6.07) is 0. The van der Waals surface area contributed by atoms with Crippen molar-refractivity contribution in [2.75, 3.05) is 13.1 Å². The number of aromatic nitrogens is 3. The van der Waals surface area contributed by atoms with Crippen molar-refractivity contribution in [2.45, 2.75) is 57.8 Å². The second-order valence-corrected chi connectivity index (χ2v) is 7.85. The van der Waals surface area contributed by atoms with Crippen LogP contribution in [0.2, 0.25) is 0 Å². The largest absolute Gasteiger partial charge is 0.342 e. The van der Waals surface area contributed by atoms with E-state index < -0.39 is 0 Å². The fraction of sp³-hybridized carbons (Fsp3) is 0.824. The van der Waals surface area contributed by atoms with Crippen LogP contribution in [0.3, 0.4) is 0 Å². The number of piperidine rings is 1. The number of aromatic amines is 1. The van der Waals surface area contributed by atoms with Crippen LogP contribution in [0.15, 0.2) is 0 Å². The summed E-state index contributed by atoms with van der Waals surface area (Å²) in [5, 5.41) is 7.23. The first-order chi connectivity index (χ1) is 11.0. The van der Waals surface area contributed by atoms with Crippen LogP contribution in [-0.4, -0.2) is 38.7 Å². The molecule has 3 rings (SSSR count). The first-order valence-corrected chi connectivity index (χ1v) is 9.34. The van der Waals surface area contributed by atoms with E-state index >= 15 is 0 Å². The topological polar surface area (TPSA) is 53.9 Å². The molecule has 0 radical (unpaired) electrons. The summed E-state index contributed by atoms with van der Waals surface area (Å²) in [4.78, 5) is 14.8. The molecule has 2 aliphatic rings. The molecule has 6 heteroatoms. The monoisotopic (exact) mass is 336 g/mol. The summed E-state index contributed by atoms with van der Waals surface area (Å²) in [6.45, 7) is 4.00. The Morgan fingerprint density at radius 3 is 2.87 bits per heavy atom. The Morgan fingerprint density at radius 2 is 2.17 bits per heavy atom. The molecule has 2 fully saturated rings. The predicted molar refractivity (Wildman–Crippen MR) is 92.7 cm³/mol. The molecule has 1 aromatic rings. The van der Waals surface area contributed by atoms with Gasteiger partial charge in [0, 0.05) is 32.5 Å². The summed E-state index contributed by atoms with van der Waals surface area (Å²) in [6.07, 6.45) is 7.92. The summed E-state index contributed by atoms with van der Waals surface area (Å²) in [5.74, 6) is 3.00. The third-order valence-corrected chi connectivity index (χ3v) is 5.93. The van der Waals surface area contributed by atoms with E-state index in [0.717, 1.165) is 44.1 Å². The Morgan fingerprint density at radius 1 is 1.35 bits per heavy atom. The predicted octanol–water partition coefficient (Wildman–Crippen LogP) is 3.40. The molecule has 1 amide bonds. The SMILES string of the molecule is C[C@@H]1CCC[C@H](CC(=O)N2CCC[C@@H](c3n[nH]c(=S)n3C)C2)C1. The molecule has 1 saturated carbocycles. The van der Waals surface area contributed by atoms with Crippen LogP contribution in [0.25, 0.3) is 0 Å². The lowest BCUT2D eigenvalue weighted by Crippen LogP contribution is -2.40. The molecular weight excluding hydrogens is 308 g/mol. The van der Waals surface area contributed by atoms with Crippen LogP contribution < -0.4 is 0 Å². The minimum Gasteiger partial charge on any atom is -0.342 e. The van der Waals surface area contributed by atoms with Gasteiger partial charge in [-0.25, -0.2) is 0 Å². The van der Waals surface area contributed by atoms with Crippen molar-refractivity contribution in [1.82, 2.24) is 19.7 Å². The molecule has 1 aliphatic carbocycles. The number of nitrogens with one attached hydrogen (secondary N) is 1. The lowest BCUT2D eigenvalue weighted by molar-refractivity contribution is -0.133. The standard InChI is InChI=1S/C17H28N4OS/c1-12-5-3-6-13(9-12)10-15(22)21-8-4-7-14(11-21)16-18-19-17(23)20(16)2/h12-14H,3-11H2,1-2H3,(H,19,23)/t12-,13+,14-/m1/s1. The number of rotatable bonds is 3. The number of amides is 1. The maximum atomic E-state index is 12.7. The van der Waals surface area contributed by atoms with Gasteiger partial charge in [0.25, 0.3) is 0 Å². The van der Waals surface area contributed by atoms with Gasteiger partial charge in [-0.2, -0.15) is 5.10 Å². The van der Waals surface area contributed by atoms with Crippen LogP contribution in [0.5, 0.6) is 0 Å². The molecule has 1 aromatic heterocycles. The molecule has 23 heavy (non-hydrogen) atoms. The Balaban J connectivity index is 1.60.